The number of ether oxygens (including phenoxy) is 1. The lowest BCUT2D eigenvalue weighted by Gasteiger charge is -2.32. The van der Waals surface area contributed by atoms with Gasteiger partial charge in [0.25, 0.3) is 0 Å². The molecule has 1 aliphatic heterocycles. The summed E-state index contributed by atoms with van der Waals surface area (Å²) in [6.07, 6.45) is 1.03. The number of hydrogen-bond donors (Lipinski definition) is 1. The Morgan fingerprint density at radius 2 is 1.95 bits per heavy atom. The average molecular weight is 288 g/mol. The molecule has 0 saturated carbocycles. The van der Waals surface area contributed by atoms with Crippen LogP contribution in [0.5, 0.6) is 5.75 Å². The summed E-state index contributed by atoms with van der Waals surface area (Å²) in [5, 5.41) is 4.43. The average Bonchev–Trinajstić information content (AvgIpc) is 2.47. The van der Waals surface area contributed by atoms with E-state index in [1.165, 1.54) is 11.1 Å². The standard InChI is InChI=1S/C17H18ClNO/c1-11-9-12-7-8-13(18)10-15(12)17(19-11)14-5-3-4-6-16(14)20-2/h3-8,10-11,17,19H,9H2,1-2H3. The minimum Gasteiger partial charge on any atom is -0.496 e. The van der Waals surface area contributed by atoms with E-state index in [0.29, 0.717) is 6.04 Å². The molecule has 1 heterocycles. The highest BCUT2D eigenvalue weighted by Gasteiger charge is 2.27. The predicted octanol–water partition coefficient (Wildman–Crippen LogP) is 3.97. The van der Waals surface area contributed by atoms with Gasteiger partial charge in [0.2, 0.25) is 0 Å². The van der Waals surface area contributed by atoms with Crippen LogP contribution < -0.4 is 10.1 Å². The van der Waals surface area contributed by atoms with Crippen molar-refractivity contribution in [2.75, 3.05) is 7.11 Å². The van der Waals surface area contributed by atoms with Crippen molar-refractivity contribution in [2.45, 2.75) is 25.4 Å². The van der Waals surface area contributed by atoms with Gasteiger partial charge in [0.05, 0.1) is 13.2 Å². The summed E-state index contributed by atoms with van der Waals surface area (Å²) in [6, 6.07) is 14.9. The highest BCUT2D eigenvalue weighted by Crippen LogP contribution is 2.36. The van der Waals surface area contributed by atoms with Gasteiger partial charge in [-0.25, -0.2) is 0 Å². The SMILES string of the molecule is COc1ccccc1C1NC(C)Cc2ccc(Cl)cc21. The van der Waals surface area contributed by atoms with E-state index in [2.05, 4.69) is 30.4 Å². The Labute approximate surface area is 124 Å². The second-order valence-electron chi connectivity index (χ2n) is 5.29. The van der Waals surface area contributed by atoms with E-state index in [0.717, 1.165) is 22.8 Å². The molecule has 2 unspecified atom stereocenters. The zero-order valence-corrected chi connectivity index (χ0v) is 12.4. The molecule has 2 nitrogen and oxygen atoms in total. The van der Waals surface area contributed by atoms with E-state index in [-0.39, 0.29) is 6.04 Å². The van der Waals surface area contributed by atoms with Crippen LogP contribution in [0.2, 0.25) is 5.02 Å². The number of halogens is 1. The minimum absolute atomic E-state index is 0.128. The first-order valence-corrected chi connectivity index (χ1v) is 7.24. The maximum absolute atomic E-state index is 6.18. The van der Waals surface area contributed by atoms with Gasteiger partial charge in [0.1, 0.15) is 5.75 Å². The minimum atomic E-state index is 0.128. The van der Waals surface area contributed by atoms with Crippen molar-refractivity contribution in [2.24, 2.45) is 0 Å². The highest BCUT2D eigenvalue weighted by molar-refractivity contribution is 6.30. The van der Waals surface area contributed by atoms with Gasteiger partial charge in [0.15, 0.2) is 0 Å². The Morgan fingerprint density at radius 1 is 1.15 bits per heavy atom. The Morgan fingerprint density at radius 3 is 2.75 bits per heavy atom. The van der Waals surface area contributed by atoms with Crippen LogP contribution in [-0.4, -0.2) is 13.2 Å². The fourth-order valence-electron chi connectivity index (χ4n) is 2.95. The number of para-hydroxylation sites is 1. The fraction of sp³-hybridized carbons (Fsp3) is 0.294. The van der Waals surface area contributed by atoms with E-state index >= 15 is 0 Å². The Hall–Kier alpha value is -1.51. The molecule has 0 radical (unpaired) electrons. The molecule has 0 aromatic heterocycles. The molecule has 0 saturated heterocycles. The zero-order valence-electron chi connectivity index (χ0n) is 11.7. The topological polar surface area (TPSA) is 21.3 Å². The molecule has 104 valence electrons. The number of hydrogen-bond acceptors (Lipinski definition) is 2. The van der Waals surface area contributed by atoms with Crippen LogP contribution in [0.4, 0.5) is 0 Å². The van der Waals surface area contributed by atoms with Crippen LogP contribution in [0.25, 0.3) is 0 Å². The van der Waals surface area contributed by atoms with Crippen LogP contribution in [0.3, 0.4) is 0 Å². The van der Waals surface area contributed by atoms with Crippen LogP contribution in [0.15, 0.2) is 42.5 Å². The predicted molar refractivity (Wildman–Crippen MR) is 82.6 cm³/mol. The monoisotopic (exact) mass is 287 g/mol. The van der Waals surface area contributed by atoms with E-state index in [4.69, 9.17) is 16.3 Å². The first-order valence-electron chi connectivity index (χ1n) is 6.86. The third-order valence-corrected chi connectivity index (χ3v) is 4.08. The van der Waals surface area contributed by atoms with Gasteiger partial charge in [-0.15, -0.1) is 0 Å². The van der Waals surface area contributed by atoms with E-state index in [1.54, 1.807) is 7.11 Å². The molecule has 20 heavy (non-hydrogen) atoms. The molecule has 2 aromatic carbocycles. The zero-order chi connectivity index (χ0) is 14.1. The van der Waals surface area contributed by atoms with E-state index in [1.807, 2.05) is 24.3 Å². The molecule has 0 spiro atoms. The van der Waals surface area contributed by atoms with Gasteiger partial charge in [0, 0.05) is 16.6 Å². The van der Waals surface area contributed by atoms with Crippen molar-refractivity contribution in [1.82, 2.24) is 5.32 Å². The number of benzene rings is 2. The summed E-state index contributed by atoms with van der Waals surface area (Å²) in [5.74, 6) is 0.907. The summed E-state index contributed by atoms with van der Waals surface area (Å²) in [5.41, 5.74) is 3.77. The van der Waals surface area contributed by atoms with Gasteiger partial charge < -0.3 is 10.1 Å². The molecule has 0 fully saturated rings. The lowest BCUT2D eigenvalue weighted by atomic mass is 9.87. The van der Waals surface area contributed by atoms with Crippen molar-refractivity contribution in [3.05, 3.63) is 64.2 Å². The molecule has 3 rings (SSSR count). The number of methoxy groups -OCH3 is 1. The quantitative estimate of drug-likeness (QED) is 0.902. The van der Waals surface area contributed by atoms with Crippen molar-refractivity contribution in [3.63, 3.8) is 0 Å². The van der Waals surface area contributed by atoms with Gasteiger partial charge in [-0.3, -0.25) is 0 Å². The number of nitrogens with one attached hydrogen (secondary N) is 1. The maximum atomic E-state index is 6.18. The van der Waals surface area contributed by atoms with Crippen molar-refractivity contribution in [1.29, 1.82) is 0 Å². The Bertz CT molecular complexity index is 626. The summed E-state index contributed by atoms with van der Waals surface area (Å²) >= 11 is 6.18. The lowest BCUT2D eigenvalue weighted by Crippen LogP contribution is -2.38. The maximum Gasteiger partial charge on any atom is 0.123 e. The normalized spacial score (nSPS) is 21.4. The second kappa shape index (κ2) is 5.47. The molecule has 2 atom stereocenters. The Kier molecular flexibility index (Phi) is 3.68. The third kappa shape index (κ3) is 2.41. The molecular formula is C17H18ClNO. The van der Waals surface area contributed by atoms with Gasteiger partial charge in [-0.2, -0.15) is 0 Å². The molecule has 1 N–H and O–H groups in total. The number of fused-ring (bicyclic) bond motifs is 1. The van der Waals surface area contributed by atoms with Crippen molar-refractivity contribution < 1.29 is 4.74 Å². The number of rotatable bonds is 2. The third-order valence-electron chi connectivity index (χ3n) is 3.85. The van der Waals surface area contributed by atoms with Gasteiger partial charge >= 0.3 is 0 Å². The van der Waals surface area contributed by atoms with Gasteiger partial charge in [-0.1, -0.05) is 35.9 Å². The summed E-state index contributed by atoms with van der Waals surface area (Å²) in [4.78, 5) is 0. The van der Waals surface area contributed by atoms with Crippen molar-refractivity contribution in [3.8, 4) is 5.75 Å². The molecule has 0 amide bonds. The lowest BCUT2D eigenvalue weighted by molar-refractivity contribution is 0.394. The van der Waals surface area contributed by atoms with Crippen LogP contribution >= 0.6 is 11.6 Å². The largest absolute Gasteiger partial charge is 0.496 e. The molecule has 0 bridgehead atoms. The first kappa shape index (κ1) is 13.5. The summed E-state index contributed by atoms with van der Waals surface area (Å²) in [7, 11) is 1.71. The van der Waals surface area contributed by atoms with Crippen LogP contribution in [-0.2, 0) is 6.42 Å². The molecule has 2 aromatic rings. The second-order valence-corrected chi connectivity index (χ2v) is 5.73. The molecule has 3 heteroatoms. The van der Waals surface area contributed by atoms with Crippen LogP contribution in [0, 0.1) is 0 Å². The van der Waals surface area contributed by atoms with Crippen molar-refractivity contribution >= 4 is 11.6 Å². The van der Waals surface area contributed by atoms with E-state index < -0.39 is 0 Å². The molecule has 1 aliphatic rings. The van der Waals surface area contributed by atoms with E-state index in [9.17, 15) is 0 Å². The highest BCUT2D eigenvalue weighted by atomic mass is 35.5. The molecule has 0 aliphatic carbocycles. The van der Waals surface area contributed by atoms with Gasteiger partial charge in [-0.05, 0) is 42.7 Å². The first-order chi connectivity index (χ1) is 9.69. The summed E-state index contributed by atoms with van der Waals surface area (Å²) in [6.45, 7) is 2.21. The van der Waals surface area contributed by atoms with Crippen LogP contribution in [0.1, 0.15) is 29.7 Å². The Balaban J connectivity index is 2.12. The summed E-state index contributed by atoms with van der Waals surface area (Å²) < 4.78 is 5.51. The molecular weight excluding hydrogens is 270 g/mol. The fourth-order valence-corrected chi connectivity index (χ4v) is 3.13. The smallest absolute Gasteiger partial charge is 0.123 e.